The van der Waals surface area contributed by atoms with E-state index in [2.05, 4.69) is 35.4 Å². The molecule has 0 spiro atoms. The van der Waals surface area contributed by atoms with Crippen molar-refractivity contribution < 1.29 is 4.39 Å². The zero-order valence-electron chi connectivity index (χ0n) is 15.4. The topological polar surface area (TPSA) is 12.4 Å². The number of benzene rings is 2. The summed E-state index contributed by atoms with van der Waals surface area (Å²) in [5.74, 6) is 1.60. The Bertz CT molecular complexity index is 769. The lowest BCUT2D eigenvalue weighted by Gasteiger charge is -2.27. The van der Waals surface area contributed by atoms with Crippen molar-refractivity contribution in [2.24, 2.45) is 16.8 Å². The maximum atomic E-state index is 14.6. The second-order valence-electron chi connectivity index (χ2n) is 7.40. The highest BCUT2D eigenvalue weighted by Gasteiger charge is 2.19. The normalized spacial score (nSPS) is 19.8. The van der Waals surface area contributed by atoms with E-state index >= 15 is 0 Å². The third-order valence-electron chi connectivity index (χ3n) is 5.77. The number of isothiocyanates is 1. The predicted octanol–water partition coefficient (Wildman–Crippen LogP) is 7.38. The molecule has 26 heavy (non-hydrogen) atoms. The zero-order chi connectivity index (χ0) is 18.4. The van der Waals surface area contributed by atoms with Gasteiger partial charge in [0, 0.05) is 5.56 Å². The van der Waals surface area contributed by atoms with Gasteiger partial charge in [-0.3, -0.25) is 0 Å². The predicted molar refractivity (Wildman–Crippen MR) is 111 cm³/mol. The quantitative estimate of drug-likeness (QED) is 0.383. The van der Waals surface area contributed by atoms with Crippen LogP contribution in [-0.4, -0.2) is 5.16 Å². The number of halogens is 1. The van der Waals surface area contributed by atoms with E-state index in [4.69, 9.17) is 0 Å². The summed E-state index contributed by atoms with van der Waals surface area (Å²) in [4.78, 5) is 3.93. The zero-order valence-corrected chi connectivity index (χ0v) is 16.2. The molecule has 3 rings (SSSR count). The van der Waals surface area contributed by atoms with Crippen LogP contribution in [0.1, 0.15) is 51.0 Å². The lowest BCUT2D eigenvalue weighted by Crippen LogP contribution is -2.14. The van der Waals surface area contributed by atoms with Crippen molar-refractivity contribution in [3.8, 4) is 11.1 Å². The van der Waals surface area contributed by atoms with Gasteiger partial charge in [0.05, 0.1) is 10.8 Å². The molecule has 0 saturated heterocycles. The fourth-order valence-corrected chi connectivity index (χ4v) is 4.12. The van der Waals surface area contributed by atoms with E-state index in [1.54, 1.807) is 6.07 Å². The molecule has 0 heterocycles. The Labute approximate surface area is 161 Å². The van der Waals surface area contributed by atoms with Crippen LogP contribution in [0.5, 0.6) is 0 Å². The van der Waals surface area contributed by atoms with Gasteiger partial charge in [-0.1, -0.05) is 63.3 Å². The first-order chi connectivity index (χ1) is 12.7. The van der Waals surface area contributed by atoms with Gasteiger partial charge in [0.1, 0.15) is 5.82 Å². The van der Waals surface area contributed by atoms with Crippen LogP contribution >= 0.6 is 12.2 Å². The Morgan fingerprint density at radius 3 is 2.35 bits per heavy atom. The summed E-state index contributed by atoms with van der Waals surface area (Å²) in [6.07, 6.45) is 8.90. The second kappa shape index (κ2) is 9.21. The van der Waals surface area contributed by atoms with Crippen molar-refractivity contribution in [2.45, 2.75) is 51.9 Å². The van der Waals surface area contributed by atoms with Gasteiger partial charge in [0.15, 0.2) is 0 Å². The van der Waals surface area contributed by atoms with E-state index in [0.29, 0.717) is 5.56 Å². The monoisotopic (exact) mass is 367 g/mol. The first-order valence-electron chi connectivity index (χ1n) is 9.66. The van der Waals surface area contributed by atoms with Crippen LogP contribution < -0.4 is 0 Å². The highest BCUT2D eigenvalue weighted by molar-refractivity contribution is 7.78. The molecule has 1 fully saturated rings. The Morgan fingerprint density at radius 1 is 1.04 bits per heavy atom. The molecule has 0 N–H and O–H groups in total. The van der Waals surface area contributed by atoms with Crippen molar-refractivity contribution >= 4 is 23.1 Å². The minimum Gasteiger partial charge on any atom is -0.206 e. The van der Waals surface area contributed by atoms with E-state index in [1.807, 2.05) is 30.3 Å². The maximum Gasteiger partial charge on any atom is 0.131 e. The van der Waals surface area contributed by atoms with Crippen LogP contribution in [0, 0.1) is 17.7 Å². The van der Waals surface area contributed by atoms with Crippen molar-refractivity contribution in [2.75, 3.05) is 0 Å². The van der Waals surface area contributed by atoms with Crippen LogP contribution in [0.2, 0.25) is 0 Å². The number of rotatable bonds is 6. The fourth-order valence-electron chi connectivity index (χ4n) is 4.02. The molecule has 0 unspecified atom stereocenters. The van der Waals surface area contributed by atoms with E-state index < -0.39 is 0 Å². The van der Waals surface area contributed by atoms with Gasteiger partial charge in [-0.2, -0.15) is 4.99 Å². The molecule has 0 amide bonds. The summed E-state index contributed by atoms with van der Waals surface area (Å²) >= 11 is 4.60. The first-order valence-corrected chi connectivity index (χ1v) is 10.1. The van der Waals surface area contributed by atoms with E-state index in [1.165, 1.54) is 38.5 Å². The Hall–Kier alpha value is -1.83. The second-order valence-corrected chi connectivity index (χ2v) is 7.58. The van der Waals surface area contributed by atoms with Crippen molar-refractivity contribution in [1.29, 1.82) is 0 Å². The molecule has 0 bridgehead atoms. The molecule has 0 atom stereocenters. The number of hydrogen-bond acceptors (Lipinski definition) is 2. The standard InChI is InChI=1S/C23H26FNS/c1-2-17-3-5-18(6-4-17)7-8-19-9-14-22(23(24)15-19)20-10-12-21(13-11-20)25-16-26/h9-15,17-18H,2-8H2,1H3. The third-order valence-corrected chi connectivity index (χ3v) is 5.86. The summed E-state index contributed by atoms with van der Waals surface area (Å²) in [5, 5.41) is 2.34. The van der Waals surface area contributed by atoms with E-state index in [0.717, 1.165) is 35.1 Å². The Balaban J connectivity index is 1.61. The van der Waals surface area contributed by atoms with Gasteiger partial charge in [-0.25, -0.2) is 4.39 Å². The SMILES string of the molecule is CCC1CCC(CCc2ccc(-c3ccc(N=C=S)cc3)c(F)c2)CC1. The van der Waals surface area contributed by atoms with Crippen molar-refractivity contribution in [3.63, 3.8) is 0 Å². The number of aryl methyl sites for hydroxylation is 1. The molecule has 0 aromatic heterocycles. The summed E-state index contributed by atoms with van der Waals surface area (Å²) in [6, 6.07) is 13.1. The average molecular weight is 368 g/mol. The van der Waals surface area contributed by atoms with Gasteiger partial charge >= 0.3 is 0 Å². The maximum absolute atomic E-state index is 14.6. The van der Waals surface area contributed by atoms with Crippen LogP contribution in [0.25, 0.3) is 11.1 Å². The molecular formula is C23H26FNS. The molecule has 1 nitrogen and oxygen atoms in total. The molecule has 136 valence electrons. The highest BCUT2D eigenvalue weighted by Crippen LogP contribution is 2.33. The van der Waals surface area contributed by atoms with E-state index in [-0.39, 0.29) is 5.82 Å². The number of thiocarbonyl (C=S) groups is 1. The smallest absolute Gasteiger partial charge is 0.131 e. The summed E-state index contributed by atoms with van der Waals surface area (Å²) in [5.41, 5.74) is 3.33. The minimum absolute atomic E-state index is 0.150. The molecule has 1 aliphatic rings. The summed E-state index contributed by atoms with van der Waals surface area (Å²) < 4.78 is 14.6. The van der Waals surface area contributed by atoms with Gasteiger partial charge in [0.2, 0.25) is 0 Å². The molecule has 0 radical (unpaired) electrons. The molecular weight excluding hydrogens is 341 g/mol. The molecule has 1 aliphatic carbocycles. The third kappa shape index (κ3) is 4.87. The molecule has 2 aromatic carbocycles. The van der Waals surface area contributed by atoms with Crippen LogP contribution in [0.3, 0.4) is 0 Å². The highest BCUT2D eigenvalue weighted by atomic mass is 32.1. The van der Waals surface area contributed by atoms with Gasteiger partial charge in [-0.05, 0) is 66.2 Å². The number of aliphatic imine (C=N–C) groups is 1. The van der Waals surface area contributed by atoms with Crippen molar-refractivity contribution in [3.05, 3.63) is 53.8 Å². The number of hydrogen-bond donors (Lipinski definition) is 0. The molecule has 1 saturated carbocycles. The Kier molecular flexibility index (Phi) is 6.71. The Morgan fingerprint density at radius 2 is 1.73 bits per heavy atom. The fraction of sp³-hybridized carbons (Fsp3) is 0.435. The average Bonchev–Trinajstić information content (AvgIpc) is 2.68. The lowest BCUT2D eigenvalue weighted by molar-refractivity contribution is 0.259. The summed E-state index contributed by atoms with van der Waals surface area (Å²) in [6.45, 7) is 2.30. The van der Waals surface area contributed by atoms with Crippen LogP contribution in [0.15, 0.2) is 47.5 Å². The van der Waals surface area contributed by atoms with Crippen LogP contribution in [0.4, 0.5) is 10.1 Å². The molecule has 0 aliphatic heterocycles. The number of nitrogens with zero attached hydrogens (tertiary/aromatic N) is 1. The van der Waals surface area contributed by atoms with Gasteiger partial charge in [-0.15, -0.1) is 0 Å². The van der Waals surface area contributed by atoms with E-state index in [9.17, 15) is 4.39 Å². The molecule has 3 heteroatoms. The lowest BCUT2D eigenvalue weighted by atomic mass is 9.78. The summed E-state index contributed by atoms with van der Waals surface area (Å²) in [7, 11) is 0. The van der Waals surface area contributed by atoms with Gasteiger partial charge < -0.3 is 0 Å². The van der Waals surface area contributed by atoms with Crippen molar-refractivity contribution in [1.82, 2.24) is 0 Å². The first kappa shape index (κ1) is 18.9. The van der Waals surface area contributed by atoms with Crippen LogP contribution in [-0.2, 0) is 6.42 Å². The largest absolute Gasteiger partial charge is 0.206 e. The van der Waals surface area contributed by atoms with Gasteiger partial charge in [0.25, 0.3) is 0 Å². The minimum atomic E-state index is -0.150. The molecule has 2 aromatic rings.